The van der Waals surface area contributed by atoms with Crippen molar-refractivity contribution in [2.24, 2.45) is 11.5 Å². The summed E-state index contributed by atoms with van der Waals surface area (Å²) in [6, 6.07) is -2.63. The number of urea groups is 1. The number of hydrogen-bond donors (Lipinski definition) is 7. The number of carboxylic acids is 1. The molecule has 9 N–H and O–H groups in total. The summed E-state index contributed by atoms with van der Waals surface area (Å²) in [6.07, 6.45) is -0.0124. The Hall–Kier alpha value is -2.70. The molecule has 1 heterocycles. The number of carboxylic acid groups (broad SMARTS) is 1. The largest absolute Gasteiger partial charge is 0.480 e. The lowest BCUT2D eigenvalue weighted by Gasteiger charge is -2.18. The first-order chi connectivity index (χ1) is 11.8. The zero-order chi connectivity index (χ0) is 19.0. The molecule has 0 spiro atoms. The Labute approximate surface area is 142 Å². The van der Waals surface area contributed by atoms with Crippen LogP contribution in [-0.2, 0) is 9.59 Å². The first kappa shape index (κ1) is 20.3. The van der Waals surface area contributed by atoms with Gasteiger partial charge in [0.15, 0.2) is 11.8 Å². The van der Waals surface area contributed by atoms with E-state index in [2.05, 4.69) is 15.8 Å². The van der Waals surface area contributed by atoms with Crippen LogP contribution in [-0.4, -0.2) is 57.6 Å². The highest BCUT2D eigenvalue weighted by molar-refractivity contribution is 5.82. The Balaban J connectivity index is 2.85. The monoisotopic (exact) mass is 359 g/mol. The zero-order valence-corrected chi connectivity index (χ0v) is 13.2. The molecule has 0 aliphatic rings. The zero-order valence-electron chi connectivity index (χ0n) is 13.2. The molecule has 0 aromatic carbocycles. The third-order valence-corrected chi connectivity index (χ3v) is 3.24. The lowest BCUT2D eigenvalue weighted by atomic mass is 10.1. The van der Waals surface area contributed by atoms with Crippen LogP contribution in [0, 0.1) is 0 Å². The second-order valence-electron chi connectivity index (χ2n) is 5.19. The van der Waals surface area contributed by atoms with Gasteiger partial charge in [-0.1, -0.05) is 5.16 Å². The standard InChI is InChI=1S/C13H21N5O7/c14-6(4-19)10-3-8(18-25-10)7(1-2-11(15)21)16-13(24)17-9(5-20)12(22)23/h3,6-7,9,19-20H,1-2,4-5,14H2,(H2,15,21)(H,22,23)(H2,16,17,24)/t6-,7+,9?/m0/s1. The van der Waals surface area contributed by atoms with E-state index in [9.17, 15) is 14.4 Å². The molecule has 3 amide bonds. The van der Waals surface area contributed by atoms with Crippen molar-refractivity contribution in [1.82, 2.24) is 15.8 Å². The fourth-order valence-corrected chi connectivity index (χ4v) is 1.86. The van der Waals surface area contributed by atoms with E-state index in [1.807, 2.05) is 0 Å². The van der Waals surface area contributed by atoms with Crippen molar-refractivity contribution in [3.05, 3.63) is 17.5 Å². The molecule has 25 heavy (non-hydrogen) atoms. The van der Waals surface area contributed by atoms with Crippen LogP contribution in [0.5, 0.6) is 0 Å². The summed E-state index contributed by atoms with van der Waals surface area (Å²) in [5.41, 5.74) is 10.9. The first-order valence-electron chi connectivity index (χ1n) is 7.30. The number of aliphatic carboxylic acids is 1. The quantitative estimate of drug-likeness (QED) is 0.239. The number of amides is 3. The minimum absolute atomic E-state index is 0.0694. The number of carbonyl (C=O) groups is 3. The number of aromatic nitrogens is 1. The molecule has 1 rings (SSSR count). The van der Waals surface area contributed by atoms with Crippen molar-refractivity contribution in [2.75, 3.05) is 13.2 Å². The normalized spacial score (nSPS) is 14.4. The summed E-state index contributed by atoms with van der Waals surface area (Å²) in [5, 5.41) is 34.9. The average molecular weight is 359 g/mol. The third-order valence-electron chi connectivity index (χ3n) is 3.24. The van der Waals surface area contributed by atoms with Gasteiger partial charge >= 0.3 is 12.0 Å². The number of primary amides is 1. The highest BCUT2D eigenvalue weighted by Gasteiger charge is 2.24. The van der Waals surface area contributed by atoms with Gasteiger partial charge in [-0.05, 0) is 6.42 Å². The average Bonchev–Trinajstić information content (AvgIpc) is 3.05. The molecule has 3 atom stereocenters. The van der Waals surface area contributed by atoms with Gasteiger partial charge in [-0.3, -0.25) is 4.79 Å². The van der Waals surface area contributed by atoms with Crippen LogP contribution >= 0.6 is 0 Å². The van der Waals surface area contributed by atoms with E-state index in [4.69, 9.17) is 31.3 Å². The topological polar surface area (TPSA) is 214 Å². The molecule has 140 valence electrons. The first-order valence-corrected chi connectivity index (χ1v) is 7.30. The van der Waals surface area contributed by atoms with E-state index in [-0.39, 0.29) is 30.9 Å². The maximum atomic E-state index is 11.9. The SMILES string of the molecule is NC(=O)CC[C@@H](NC(=O)NC(CO)C(=O)O)c1cc([C@@H](N)CO)on1. The highest BCUT2D eigenvalue weighted by Crippen LogP contribution is 2.21. The van der Waals surface area contributed by atoms with Crippen LogP contribution in [0.4, 0.5) is 4.79 Å². The van der Waals surface area contributed by atoms with Crippen molar-refractivity contribution in [1.29, 1.82) is 0 Å². The summed E-state index contributed by atoms with van der Waals surface area (Å²) < 4.78 is 4.97. The summed E-state index contributed by atoms with van der Waals surface area (Å²) in [5.74, 6) is -1.85. The molecule has 1 aromatic rings. The molecule has 0 fully saturated rings. The van der Waals surface area contributed by atoms with E-state index in [0.29, 0.717) is 0 Å². The van der Waals surface area contributed by atoms with Crippen molar-refractivity contribution in [3.8, 4) is 0 Å². The second kappa shape index (κ2) is 9.56. The van der Waals surface area contributed by atoms with Crippen LogP contribution in [0.2, 0.25) is 0 Å². The van der Waals surface area contributed by atoms with Crippen molar-refractivity contribution in [2.45, 2.75) is 31.0 Å². The number of hydrogen-bond acceptors (Lipinski definition) is 8. The van der Waals surface area contributed by atoms with E-state index >= 15 is 0 Å². The van der Waals surface area contributed by atoms with Gasteiger partial charge < -0.3 is 41.9 Å². The lowest BCUT2D eigenvalue weighted by molar-refractivity contribution is -0.140. The molecular weight excluding hydrogens is 338 g/mol. The molecule has 0 radical (unpaired) electrons. The van der Waals surface area contributed by atoms with Crippen LogP contribution in [0.15, 0.2) is 10.6 Å². The number of aliphatic hydroxyl groups excluding tert-OH is 2. The van der Waals surface area contributed by atoms with E-state index in [1.165, 1.54) is 6.07 Å². The molecular formula is C13H21N5O7. The summed E-state index contributed by atoms with van der Waals surface area (Å²) >= 11 is 0. The van der Waals surface area contributed by atoms with E-state index < -0.39 is 42.6 Å². The molecule has 0 saturated heterocycles. The minimum Gasteiger partial charge on any atom is -0.480 e. The number of nitrogens with two attached hydrogens (primary N) is 2. The lowest BCUT2D eigenvalue weighted by Crippen LogP contribution is -2.48. The van der Waals surface area contributed by atoms with Crippen LogP contribution < -0.4 is 22.1 Å². The van der Waals surface area contributed by atoms with Gasteiger partial charge in [-0.25, -0.2) is 9.59 Å². The van der Waals surface area contributed by atoms with E-state index in [1.54, 1.807) is 0 Å². The fourth-order valence-electron chi connectivity index (χ4n) is 1.86. The summed E-state index contributed by atoms with van der Waals surface area (Å²) in [6.45, 7) is -1.18. The molecule has 0 saturated carbocycles. The van der Waals surface area contributed by atoms with Crippen LogP contribution in [0.3, 0.4) is 0 Å². The summed E-state index contributed by atoms with van der Waals surface area (Å²) in [7, 11) is 0. The number of carbonyl (C=O) groups excluding carboxylic acids is 2. The molecule has 1 aromatic heterocycles. The Morgan fingerprint density at radius 1 is 1.24 bits per heavy atom. The van der Waals surface area contributed by atoms with Crippen molar-refractivity contribution < 1.29 is 34.2 Å². The maximum Gasteiger partial charge on any atom is 0.328 e. The van der Waals surface area contributed by atoms with Gasteiger partial charge in [0.25, 0.3) is 0 Å². The number of nitrogens with zero attached hydrogens (tertiary/aromatic N) is 1. The third kappa shape index (κ3) is 6.37. The number of rotatable bonds is 10. The molecule has 1 unspecified atom stereocenters. The van der Waals surface area contributed by atoms with Gasteiger partial charge in [-0.2, -0.15) is 0 Å². The molecule has 0 aliphatic carbocycles. The smallest absolute Gasteiger partial charge is 0.328 e. The van der Waals surface area contributed by atoms with Crippen LogP contribution in [0.1, 0.15) is 36.4 Å². The van der Waals surface area contributed by atoms with Gasteiger partial charge in [-0.15, -0.1) is 0 Å². The number of aliphatic hydroxyl groups is 2. The fraction of sp³-hybridized carbons (Fsp3) is 0.538. The second-order valence-corrected chi connectivity index (χ2v) is 5.19. The molecule has 12 nitrogen and oxygen atoms in total. The number of nitrogens with one attached hydrogen (secondary N) is 2. The Morgan fingerprint density at radius 3 is 2.44 bits per heavy atom. The molecule has 0 aliphatic heterocycles. The highest BCUT2D eigenvalue weighted by atomic mass is 16.5. The van der Waals surface area contributed by atoms with Gasteiger partial charge in [0, 0.05) is 12.5 Å². The predicted octanol–water partition coefficient (Wildman–Crippen LogP) is -2.28. The summed E-state index contributed by atoms with van der Waals surface area (Å²) in [4.78, 5) is 33.7. The van der Waals surface area contributed by atoms with Crippen molar-refractivity contribution in [3.63, 3.8) is 0 Å². The molecule has 12 heteroatoms. The Morgan fingerprint density at radius 2 is 1.92 bits per heavy atom. The maximum absolute atomic E-state index is 11.9. The van der Waals surface area contributed by atoms with E-state index in [0.717, 1.165) is 0 Å². The Kier molecular flexibility index (Phi) is 7.78. The van der Waals surface area contributed by atoms with Gasteiger partial charge in [0.1, 0.15) is 5.69 Å². The minimum atomic E-state index is -1.49. The van der Waals surface area contributed by atoms with Gasteiger partial charge in [0.2, 0.25) is 5.91 Å². The van der Waals surface area contributed by atoms with Crippen LogP contribution in [0.25, 0.3) is 0 Å². The Bertz CT molecular complexity index is 605. The predicted molar refractivity (Wildman–Crippen MR) is 81.9 cm³/mol. The molecule has 0 bridgehead atoms. The van der Waals surface area contributed by atoms with Gasteiger partial charge in [0.05, 0.1) is 25.3 Å². The van der Waals surface area contributed by atoms with Crippen molar-refractivity contribution >= 4 is 17.9 Å².